The van der Waals surface area contributed by atoms with Crippen LogP contribution < -0.4 is 15.5 Å². The second-order valence-corrected chi connectivity index (χ2v) is 9.67. The molecule has 2 aliphatic rings. The number of ether oxygens (including phenoxy) is 1. The Morgan fingerprint density at radius 3 is 2.42 bits per heavy atom. The second kappa shape index (κ2) is 10.9. The van der Waals surface area contributed by atoms with Gasteiger partial charge in [0.25, 0.3) is 0 Å². The van der Waals surface area contributed by atoms with Gasteiger partial charge in [0.1, 0.15) is 6.33 Å². The first-order valence-corrected chi connectivity index (χ1v) is 12.7. The van der Waals surface area contributed by atoms with Crippen molar-refractivity contribution in [3.8, 4) is 0 Å². The zero-order valence-corrected chi connectivity index (χ0v) is 21.0. The third kappa shape index (κ3) is 6.39. The lowest BCUT2D eigenvalue weighted by molar-refractivity contribution is -0.137. The van der Waals surface area contributed by atoms with Crippen LogP contribution in [0.25, 0.3) is 0 Å². The summed E-state index contributed by atoms with van der Waals surface area (Å²) in [5.74, 6) is 1.14. The minimum atomic E-state index is -4.34. The summed E-state index contributed by atoms with van der Waals surface area (Å²) in [6, 6.07) is 10.7. The molecule has 2 aromatic carbocycles. The Morgan fingerprint density at radius 1 is 1.03 bits per heavy atom. The van der Waals surface area contributed by atoms with E-state index in [0.717, 1.165) is 54.8 Å². The standard InChI is InChI=1S/C27H29F3N6O2/c1-17-22(33-24(37)19-7-8-19)3-2-4-23(17)34-25-31-16-32-26(35-25)36-13-11-21(12-14-36)38-15-18-5-9-20(10-6-18)27(28,29)30/h2-6,9-10,16,19,21H,7-8,11-15H2,1H3,(H,33,37)(H,31,32,34,35). The van der Waals surface area contributed by atoms with E-state index >= 15 is 0 Å². The predicted molar refractivity (Wildman–Crippen MR) is 137 cm³/mol. The quantitative estimate of drug-likeness (QED) is 0.402. The molecule has 0 radical (unpaired) electrons. The van der Waals surface area contributed by atoms with Crippen LogP contribution in [0, 0.1) is 12.8 Å². The Bertz CT molecular complexity index is 1270. The van der Waals surface area contributed by atoms with Crippen LogP contribution in [-0.2, 0) is 22.3 Å². The first kappa shape index (κ1) is 25.9. The van der Waals surface area contributed by atoms with Crippen molar-refractivity contribution in [2.75, 3.05) is 28.6 Å². The molecule has 1 aliphatic heterocycles. The van der Waals surface area contributed by atoms with E-state index in [-0.39, 0.29) is 24.5 Å². The third-order valence-corrected chi connectivity index (χ3v) is 6.84. The van der Waals surface area contributed by atoms with E-state index in [4.69, 9.17) is 4.74 Å². The van der Waals surface area contributed by atoms with Crippen molar-refractivity contribution in [2.24, 2.45) is 5.92 Å². The maximum atomic E-state index is 12.7. The van der Waals surface area contributed by atoms with E-state index in [2.05, 4.69) is 30.5 Å². The molecule has 5 rings (SSSR count). The van der Waals surface area contributed by atoms with Crippen molar-refractivity contribution in [3.05, 3.63) is 65.5 Å². The van der Waals surface area contributed by atoms with Gasteiger partial charge in [-0.3, -0.25) is 4.79 Å². The van der Waals surface area contributed by atoms with Crippen LogP contribution >= 0.6 is 0 Å². The molecule has 0 atom stereocenters. The van der Waals surface area contributed by atoms with E-state index in [0.29, 0.717) is 30.5 Å². The van der Waals surface area contributed by atoms with Crippen molar-refractivity contribution in [1.82, 2.24) is 15.0 Å². The van der Waals surface area contributed by atoms with Gasteiger partial charge < -0.3 is 20.3 Å². The topological polar surface area (TPSA) is 92.3 Å². The van der Waals surface area contributed by atoms with E-state index in [1.54, 1.807) is 0 Å². The molecule has 200 valence electrons. The number of hydrogen-bond donors (Lipinski definition) is 2. The molecule has 2 heterocycles. The van der Waals surface area contributed by atoms with E-state index in [9.17, 15) is 18.0 Å². The maximum Gasteiger partial charge on any atom is 0.416 e. The highest BCUT2D eigenvalue weighted by atomic mass is 19.4. The summed E-state index contributed by atoms with van der Waals surface area (Å²) in [4.78, 5) is 27.4. The second-order valence-electron chi connectivity index (χ2n) is 9.67. The minimum absolute atomic E-state index is 0.00390. The lowest BCUT2D eigenvalue weighted by Gasteiger charge is -2.32. The highest BCUT2D eigenvalue weighted by molar-refractivity contribution is 5.95. The molecule has 1 saturated heterocycles. The van der Waals surface area contributed by atoms with Gasteiger partial charge >= 0.3 is 6.18 Å². The number of halogens is 3. The normalized spacial score (nSPS) is 16.4. The number of piperidine rings is 1. The molecular weight excluding hydrogens is 497 g/mol. The molecule has 2 N–H and O–H groups in total. The molecule has 1 amide bonds. The SMILES string of the molecule is Cc1c(NC(=O)C2CC2)cccc1Nc1ncnc(N2CCC(OCc3ccc(C(F)(F)F)cc3)CC2)n1. The van der Waals surface area contributed by atoms with Crippen LogP contribution in [0.1, 0.15) is 42.4 Å². The number of alkyl halides is 3. The largest absolute Gasteiger partial charge is 0.416 e. The average Bonchev–Trinajstić information content (AvgIpc) is 3.76. The number of anilines is 4. The minimum Gasteiger partial charge on any atom is -0.373 e. The number of carbonyl (C=O) groups is 1. The van der Waals surface area contributed by atoms with Gasteiger partial charge in [0, 0.05) is 30.4 Å². The maximum absolute atomic E-state index is 12.7. The highest BCUT2D eigenvalue weighted by Crippen LogP contribution is 2.32. The summed E-state index contributed by atoms with van der Waals surface area (Å²) in [7, 11) is 0. The average molecular weight is 527 g/mol. The zero-order valence-electron chi connectivity index (χ0n) is 21.0. The number of nitrogens with one attached hydrogen (secondary N) is 2. The zero-order chi connectivity index (χ0) is 26.7. The lowest BCUT2D eigenvalue weighted by Crippen LogP contribution is -2.38. The van der Waals surface area contributed by atoms with Crippen LogP contribution in [0.5, 0.6) is 0 Å². The summed E-state index contributed by atoms with van der Waals surface area (Å²) >= 11 is 0. The third-order valence-electron chi connectivity index (χ3n) is 6.84. The summed E-state index contributed by atoms with van der Waals surface area (Å²) in [6.07, 6.45) is 0.508. The molecule has 38 heavy (non-hydrogen) atoms. The van der Waals surface area contributed by atoms with E-state index in [1.165, 1.54) is 18.5 Å². The molecule has 11 heteroatoms. The number of aromatic nitrogens is 3. The number of carbonyl (C=O) groups excluding carboxylic acids is 1. The monoisotopic (exact) mass is 526 g/mol. The summed E-state index contributed by atoms with van der Waals surface area (Å²) in [5, 5.41) is 6.23. The Hall–Kier alpha value is -3.73. The van der Waals surface area contributed by atoms with Crippen LogP contribution in [0.4, 0.5) is 36.4 Å². The van der Waals surface area contributed by atoms with Gasteiger partial charge in [-0.05, 0) is 68.0 Å². The molecule has 3 aromatic rings. The van der Waals surface area contributed by atoms with Crippen molar-refractivity contribution in [2.45, 2.75) is 51.5 Å². The highest BCUT2D eigenvalue weighted by Gasteiger charge is 2.31. The van der Waals surface area contributed by atoms with Gasteiger partial charge in [-0.15, -0.1) is 0 Å². The number of amides is 1. The molecule has 1 saturated carbocycles. The lowest BCUT2D eigenvalue weighted by atomic mass is 10.1. The van der Waals surface area contributed by atoms with Crippen molar-refractivity contribution < 1.29 is 22.7 Å². The molecule has 1 aromatic heterocycles. The Labute approximate surface area is 218 Å². The summed E-state index contributed by atoms with van der Waals surface area (Å²) < 4.78 is 44.2. The van der Waals surface area contributed by atoms with Gasteiger partial charge in [0.05, 0.1) is 18.3 Å². The molecule has 8 nitrogen and oxygen atoms in total. The van der Waals surface area contributed by atoms with Crippen molar-refractivity contribution in [1.29, 1.82) is 0 Å². The predicted octanol–water partition coefficient (Wildman–Crippen LogP) is 5.48. The van der Waals surface area contributed by atoms with Crippen LogP contribution in [-0.4, -0.2) is 40.1 Å². The fraction of sp³-hybridized carbons (Fsp3) is 0.407. The van der Waals surface area contributed by atoms with Gasteiger partial charge in [0.15, 0.2) is 0 Å². The molecule has 1 aliphatic carbocycles. The number of rotatable bonds is 8. The molecular formula is C27H29F3N6O2. The van der Waals surface area contributed by atoms with Crippen molar-refractivity contribution >= 4 is 29.2 Å². The Morgan fingerprint density at radius 2 is 1.74 bits per heavy atom. The van der Waals surface area contributed by atoms with Crippen molar-refractivity contribution in [3.63, 3.8) is 0 Å². The van der Waals surface area contributed by atoms with E-state index < -0.39 is 11.7 Å². The van der Waals surface area contributed by atoms with Crippen LogP contribution in [0.2, 0.25) is 0 Å². The number of benzene rings is 2. The van der Waals surface area contributed by atoms with Crippen LogP contribution in [0.15, 0.2) is 48.8 Å². The fourth-order valence-corrected chi connectivity index (χ4v) is 4.33. The van der Waals surface area contributed by atoms with Gasteiger partial charge in [0.2, 0.25) is 17.8 Å². The molecule has 2 fully saturated rings. The van der Waals surface area contributed by atoms with E-state index in [1.807, 2.05) is 25.1 Å². The van der Waals surface area contributed by atoms with Gasteiger partial charge in [-0.25, -0.2) is 9.97 Å². The summed E-state index contributed by atoms with van der Waals surface area (Å²) in [5.41, 5.74) is 2.50. The number of hydrogen-bond acceptors (Lipinski definition) is 7. The molecule has 0 unspecified atom stereocenters. The first-order valence-electron chi connectivity index (χ1n) is 12.7. The van der Waals surface area contributed by atoms with Gasteiger partial charge in [-0.1, -0.05) is 18.2 Å². The smallest absolute Gasteiger partial charge is 0.373 e. The van der Waals surface area contributed by atoms with Gasteiger partial charge in [-0.2, -0.15) is 18.2 Å². The molecule has 0 bridgehead atoms. The molecule has 0 spiro atoms. The Balaban J connectivity index is 1.14. The fourth-order valence-electron chi connectivity index (χ4n) is 4.33. The summed E-state index contributed by atoms with van der Waals surface area (Å²) in [6.45, 7) is 3.57. The number of nitrogens with zero attached hydrogens (tertiary/aromatic N) is 4. The Kier molecular flexibility index (Phi) is 7.46. The van der Waals surface area contributed by atoms with Crippen LogP contribution in [0.3, 0.4) is 0 Å². The first-order chi connectivity index (χ1) is 18.3.